The van der Waals surface area contributed by atoms with Crippen LogP contribution in [-0.4, -0.2) is 62.3 Å². The molecule has 0 aromatic heterocycles. The summed E-state index contributed by atoms with van der Waals surface area (Å²) in [6, 6.07) is 10.1. The van der Waals surface area contributed by atoms with Gasteiger partial charge in [-0.25, -0.2) is 0 Å². The van der Waals surface area contributed by atoms with Gasteiger partial charge in [-0.2, -0.15) is 0 Å². The molecule has 3 N–H and O–H groups in total. The van der Waals surface area contributed by atoms with E-state index in [4.69, 9.17) is 0 Å². The van der Waals surface area contributed by atoms with Crippen LogP contribution in [0.4, 0.5) is 0 Å². The standard InChI is InChI=1S/C19H32N4O.HI/c1-20-19(21-11-14-23-12-7-2-3-8-13-23)22-15-18(16-24)17-9-5-4-6-10-17;/h4-6,9-10,18,24H,2-3,7-8,11-16H2,1H3,(H2,20,21,22);1H. The van der Waals surface area contributed by atoms with E-state index in [1.165, 1.54) is 38.8 Å². The summed E-state index contributed by atoms with van der Waals surface area (Å²) in [6.07, 6.45) is 5.38. The van der Waals surface area contributed by atoms with Gasteiger partial charge in [0, 0.05) is 32.6 Å². The maximum Gasteiger partial charge on any atom is 0.191 e. The summed E-state index contributed by atoms with van der Waals surface area (Å²) in [5.74, 6) is 0.884. The number of hydrogen-bond donors (Lipinski definition) is 3. The van der Waals surface area contributed by atoms with Crippen LogP contribution in [0.3, 0.4) is 0 Å². The van der Waals surface area contributed by atoms with Crippen LogP contribution in [0.25, 0.3) is 0 Å². The largest absolute Gasteiger partial charge is 0.396 e. The Hall–Kier alpha value is -0.860. The van der Waals surface area contributed by atoms with Gasteiger partial charge in [-0.05, 0) is 31.5 Å². The number of aliphatic hydroxyl groups excluding tert-OH is 1. The number of aliphatic imine (C=N–C) groups is 1. The summed E-state index contributed by atoms with van der Waals surface area (Å²) in [5.41, 5.74) is 1.15. The molecule has 0 radical (unpaired) electrons. The van der Waals surface area contributed by atoms with Crippen molar-refractivity contribution in [2.45, 2.75) is 31.6 Å². The molecule has 1 aliphatic heterocycles. The van der Waals surface area contributed by atoms with E-state index in [1.807, 2.05) is 18.2 Å². The van der Waals surface area contributed by atoms with Crippen molar-refractivity contribution in [1.82, 2.24) is 15.5 Å². The Bertz CT molecular complexity index is 476. The summed E-state index contributed by atoms with van der Waals surface area (Å²) in [4.78, 5) is 6.82. The molecule has 1 atom stereocenters. The van der Waals surface area contributed by atoms with Gasteiger partial charge < -0.3 is 20.6 Å². The molecule has 0 saturated carbocycles. The third-order valence-corrected chi connectivity index (χ3v) is 4.65. The first kappa shape index (κ1) is 22.2. The van der Waals surface area contributed by atoms with Gasteiger partial charge in [-0.15, -0.1) is 24.0 Å². The monoisotopic (exact) mass is 460 g/mol. The van der Waals surface area contributed by atoms with Crippen molar-refractivity contribution in [2.75, 3.05) is 46.4 Å². The average molecular weight is 460 g/mol. The molecule has 1 fully saturated rings. The summed E-state index contributed by atoms with van der Waals surface area (Å²) in [5, 5.41) is 16.3. The molecular formula is C19H33IN4O. The summed E-state index contributed by atoms with van der Waals surface area (Å²) >= 11 is 0. The van der Waals surface area contributed by atoms with Gasteiger partial charge in [0.05, 0.1) is 6.61 Å². The minimum atomic E-state index is 0. The molecule has 25 heavy (non-hydrogen) atoms. The summed E-state index contributed by atoms with van der Waals surface area (Å²) in [7, 11) is 1.79. The highest BCUT2D eigenvalue weighted by Crippen LogP contribution is 2.13. The molecule has 6 heteroatoms. The van der Waals surface area contributed by atoms with Crippen molar-refractivity contribution in [1.29, 1.82) is 0 Å². The minimum absolute atomic E-state index is 0. The molecular weight excluding hydrogens is 427 g/mol. The molecule has 0 spiro atoms. The second-order valence-electron chi connectivity index (χ2n) is 6.43. The van der Waals surface area contributed by atoms with E-state index in [0.29, 0.717) is 6.54 Å². The van der Waals surface area contributed by atoms with Crippen LogP contribution >= 0.6 is 24.0 Å². The van der Waals surface area contributed by atoms with Gasteiger partial charge in [0.2, 0.25) is 0 Å². The average Bonchev–Trinajstić information content (AvgIpc) is 2.90. The van der Waals surface area contributed by atoms with Gasteiger partial charge in [0.15, 0.2) is 5.96 Å². The first-order valence-electron chi connectivity index (χ1n) is 9.16. The highest BCUT2D eigenvalue weighted by atomic mass is 127. The third kappa shape index (κ3) is 8.37. The molecule has 1 heterocycles. The van der Waals surface area contributed by atoms with E-state index >= 15 is 0 Å². The number of rotatable bonds is 7. The Kier molecular flexibility index (Phi) is 11.9. The highest BCUT2D eigenvalue weighted by molar-refractivity contribution is 14.0. The molecule has 0 amide bonds. The normalized spacial score (nSPS) is 17.3. The molecule has 1 aromatic carbocycles. The summed E-state index contributed by atoms with van der Waals surface area (Å²) < 4.78 is 0. The third-order valence-electron chi connectivity index (χ3n) is 4.65. The lowest BCUT2D eigenvalue weighted by Crippen LogP contribution is -2.43. The van der Waals surface area contributed by atoms with E-state index in [0.717, 1.165) is 24.6 Å². The topological polar surface area (TPSA) is 59.9 Å². The number of likely N-dealkylation sites (tertiary alicyclic amines) is 1. The molecule has 1 aromatic rings. The van der Waals surface area contributed by atoms with Crippen molar-refractivity contribution in [3.05, 3.63) is 35.9 Å². The second-order valence-corrected chi connectivity index (χ2v) is 6.43. The van der Waals surface area contributed by atoms with Gasteiger partial charge in [-0.1, -0.05) is 43.2 Å². The first-order chi connectivity index (χ1) is 11.8. The predicted molar refractivity (Wildman–Crippen MR) is 116 cm³/mol. The molecule has 1 saturated heterocycles. The van der Waals surface area contributed by atoms with E-state index in [2.05, 4.69) is 32.7 Å². The van der Waals surface area contributed by atoms with Crippen LogP contribution < -0.4 is 10.6 Å². The molecule has 5 nitrogen and oxygen atoms in total. The van der Waals surface area contributed by atoms with Crippen LogP contribution in [0.15, 0.2) is 35.3 Å². The second kappa shape index (κ2) is 13.4. The van der Waals surface area contributed by atoms with E-state index in [-0.39, 0.29) is 36.5 Å². The Morgan fingerprint density at radius 1 is 1.12 bits per heavy atom. The maximum absolute atomic E-state index is 9.63. The maximum atomic E-state index is 9.63. The number of benzene rings is 1. The highest BCUT2D eigenvalue weighted by Gasteiger charge is 2.11. The SMILES string of the molecule is CN=C(NCCN1CCCCCC1)NCC(CO)c1ccccc1.I. The molecule has 0 bridgehead atoms. The van der Waals surface area contributed by atoms with E-state index in [1.54, 1.807) is 7.05 Å². The predicted octanol–water partition coefficient (Wildman–Crippen LogP) is 2.42. The van der Waals surface area contributed by atoms with Crippen molar-refractivity contribution in [2.24, 2.45) is 4.99 Å². The molecule has 1 aliphatic rings. The smallest absolute Gasteiger partial charge is 0.191 e. The number of nitrogens with one attached hydrogen (secondary N) is 2. The lowest BCUT2D eigenvalue weighted by molar-refractivity contribution is 0.265. The number of guanidine groups is 1. The van der Waals surface area contributed by atoms with Gasteiger partial charge >= 0.3 is 0 Å². The summed E-state index contributed by atoms with van der Waals surface area (Å²) in [6.45, 7) is 5.19. The lowest BCUT2D eigenvalue weighted by atomic mass is 10.0. The Morgan fingerprint density at radius 2 is 1.80 bits per heavy atom. The molecule has 142 valence electrons. The van der Waals surface area contributed by atoms with Crippen LogP contribution in [0.1, 0.15) is 37.2 Å². The van der Waals surface area contributed by atoms with Crippen LogP contribution in [0.2, 0.25) is 0 Å². The van der Waals surface area contributed by atoms with Crippen LogP contribution in [0.5, 0.6) is 0 Å². The Morgan fingerprint density at radius 3 is 2.40 bits per heavy atom. The van der Waals surface area contributed by atoms with Crippen molar-refractivity contribution >= 4 is 29.9 Å². The number of hydrogen-bond acceptors (Lipinski definition) is 3. The van der Waals surface area contributed by atoms with Crippen molar-refractivity contribution in [3.8, 4) is 0 Å². The number of halogens is 1. The van der Waals surface area contributed by atoms with E-state index < -0.39 is 0 Å². The first-order valence-corrected chi connectivity index (χ1v) is 9.16. The van der Waals surface area contributed by atoms with E-state index in [9.17, 15) is 5.11 Å². The zero-order chi connectivity index (χ0) is 17.0. The number of aliphatic hydroxyl groups is 1. The quantitative estimate of drug-likeness (QED) is 0.333. The molecule has 2 rings (SSSR count). The molecule has 1 unspecified atom stereocenters. The fraction of sp³-hybridized carbons (Fsp3) is 0.632. The zero-order valence-electron chi connectivity index (χ0n) is 15.3. The van der Waals surface area contributed by atoms with Gasteiger partial charge in [0.25, 0.3) is 0 Å². The minimum Gasteiger partial charge on any atom is -0.396 e. The lowest BCUT2D eigenvalue weighted by Gasteiger charge is -2.21. The fourth-order valence-corrected chi connectivity index (χ4v) is 3.15. The number of nitrogens with zero attached hydrogens (tertiary/aromatic N) is 2. The zero-order valence-corrected chi connectivity index (χ0v) is 17.6. The van der Waals surface area contributed by atoms with Crippen LogP contribution in [-0.2, 0) is 0 Å². The Balaban J connectivity index is 0.00000312. The molecule has 0 aliphatic carbocycles. The van der Waals surface area contributed by atoms with Crippen molar-refractivity contribution in [3.63, 3.8) is 0 Å². The fourth-order valence-electron chi connectivity index (χ4n) is 3.15. The Labute approximate surface area is 169 Å². The van der Waals surface area contributed by atoms with Crippen LogP contribution in [0, 0.1) is 0 Å². The van der Waals surface area contributed by atoms with Gasteiger partial charge in [0.1, 0.15) is 0 Å². The van der Waals surface area contributed by atoms with Crippen molar-refractivity contribution < 1.29 is 5.11 Å². The van der Waals surface area contributed by atoms with Gasteiger partial charge in [-0.3, -0.25) is 4.99 Å².